The van der Waals surface area contributed by atoms with Gasteiger partial charge in [0.25, 0.3) is 15.9 Å². The number of halogens is 1. The fraction of sp³-hybridized carbons (Fsp3) is 0.120. The molecule has 0 aliphatic heterocycles. The Kier molecular flexibility index (Phi) is 8.58. The maximum Gasteiger partial charge on any atom is 0.264 e. The number of ether oxygens (including phenoxy) is 2. The number of benzene rings is 3. The minimum atomic E-state index is -4.23. The van der Waals surface area contributed by atoms with E-state index in [9.17, 15) is 17.6 Å². The van der Waals surface area contributed by atoms with Crippen molar-refractivity contribution in [2.45, 2.75) is 4.90 Å². The van der Waals surface area contributed by atoms with E-state index < -0.39 is 28.3 Å². The number of amides is 1. The summed E-state index contributed by atoms with van der Waals surface area (Å²) >= 11 is 0. The van der Waals surface area contributed by atoms with Crippen LogP contribution >= 0.6 is 0 Å². The third-order valence-corrected chi connectivity index (χ3v) is 6.46. The molecule has 0 fully saturated rings. The molecule has 0 spiro atoms. The fourth-order valence-corrected chi connectivity index (χ4v) is 4.50. The van der Waals surface area contributed by atoms with Crippen molar-refractivity contribution in [1.29, 1.82) is 0 Å². The van der Waals surface area contributed by atoms with Crippen molar-refractivity contribution in [3.63, 3.8) is 0 Å². The largest absolute Gasteiger partial charge is 0.493 e. The molecule has 0 saturated heterocycles. The summed E-state index contributed by atoms with van der Waals surface area (Å²) in [5.74, 6) is -0.571. The van der Waals surface area contributed by atoms with Crippen LogP contribution in [0.2, 0.25) is 0 Å². The predicted molar refractivity (Wildman–Crippen MR) is 132 cm³/mol. The highest BCUT2D eigenvalue weighted by atomic mass is 32.2. The molecule has 0 unspecified atom stereocenters. The quantitative estimate of drug-likeness (QED) is 0.247. The lowest BCUT2D eigenvalue weighted by Crippen LogP contribution is -2.40. The molecule has 1 amide bonds. The van der Waals surface area contributed by atoms with Crippen LogP contribution in [0, 0.1) is 5.82 Å². The van der Waals surface area contributed by atoms with E-state index in [1.54, 1.807) is 42.5 Å². The average molecular weight is 498 g/mol. The van der Waals surface area contributed by atoms with Crippen LogP contribution in [0.15, 0.2) is 95.4 Å². The van der Waals surface area contributed by atoms with E-state index in [4.69, 9.17) is 9.47 Å². The topological polar surface area (TPSA) is 97.3 Å². The number of nitrogens with one attached hydrogen (secondary N) is 1. The number of rotatable bonds is 11. The Labute approximate surface area is 203 Å². The minimum Gasteiger partial charge on any atom is -0.493 e. The van der Waals surface area contributed by atoms with Gasteiger partial charge in [-0.1, -0.05) is 43.0 Å². The number of carbonyl (C=O) groups is 1. The van der Waals surface area contributed by atoms with E-state index in [0.29, 0.717) is 28.0 Å². The highest BCUT2D eigenvalue weighted by molar-refractivity contribution is 7.92. The van der Waals surface area contributed by atoms with E-state index in [0.717, 1.165) is 6.07 Å². The van der Waals surface area contributed by atoms with Crippen LogP contribution in [0.3, 0.4) is 0 Å². The van der Waals surface area contributed by atoms with E-state index >= 15 is 0 Å². The Morgan fingerprint density at radius 1 is 1.09 bits per heavy atom. The lowest BCUT2D eigenvalue weighted by atomic mass is 10.2. The normalized spacial score (nSPS) is 11.1. The maximum atomic E-state index is 14.5. The van der Waals surface area contributed by atoms with Crippen LogP contribution in [0.5, 0.6) is 11.5 Å². The van der Waals surface area contributed by atoms with Crippen LogP contribution in [0.4, 0.5) is 10.1 Å². The van der Waals surface area contributed by atoms with Crippen molar-refractivity contribution in [1.82, 2.24) is 5.43 Å². The number of sulfonamides is 1. The molecule has 1 N–H and O–H groups in total. The number of anilines is 1. The standard InChI is InChI=1S/C25H24FN3O5S/c1-3-15-34-23-14-13-19(16-24(23)33-2)17-27-28-25(30)18-29(22-12-8-7-11-21(22)26)35(31,32)20-9-5-4-6-10-20/h3-14,16-17H,1,15,18H2,2H3,(H,28,30)/b27-17-. The number of nitrogens with zero attached hydrogens (tertiary/aromatic N) is 2. The first-order valence-electron chi connectivity index (χ1n) is 10.4. The molecule has 0 bridgehead atoms. The molecule has 3 aromatic carbocycles. The molecule has 0 atom stereocenters. The molecule has 8 nitrogen and oxygen atoms in total. The first-order chi connectivity index (χ1) is 16.9. The summed E-state index contributed by atoms with van der Waals surface area (Å²) in [4.78, 5) is 12.5. The summed E-state index contributed by atoms with van der Waals surface area (Å²) in [6, 6.07) is 17.8. The maximum absolute atomic E-state index is 14.5. The van der Waals surface area contributed by atoms with Gasteiger partial charge in [0.15, 0.2) is 11.5 Å². The first-order valence-corrected chi connectivity index (χ1v) is 11.9. The number of hydrogen-bond acceptors (Lipinski definition) is 6. The molecular weight excluding hydrogens is 473 g/mol. The summed E-state index contributed by atoms with van der Waals surface area (Å²) in [6.45, 7) is 3.22. The summed E-state index contributed by atoms with van der Waals surface area (Å²) in [7, 11) is -2.74. The van der Waals surface area contributed by atoms with Gasteiger partial charge in [-0.15, -0.1) is 0 Å². The highest BCUT2D eigenvalue weighted by Crippen LogP contribution is 2.28. The Balaban J connectivity index is 1.78. The van der Waals surface area contributed by atoms with Crippen molar-refractivity contribution in [2.24, 2.45) is 5.10 Å². The van der Waals surface area contributed by atoms with Crippen molar-refractivity contribution in [2.75, 3.05) is 24.6 Å². The lowest BCUT2D eigenvalue weighted by Gasteiger charge is -2.24. The second kappa shape index (κ2) is 11.8. The molecule has 35 heavy (non-hydrogen) atoms. The van der Waals surface area contributed by atoms with E-state index in [-0.39, 0.29) is 10.6 Å². The van der Waals surface area contributed by atoms with Crippen LogP contribution in [0.25, 0.3) is 0 Å². The number of carbonyl (C=O) groups excluding carboxylic acids is 1. The van der Waals surface area contributed by atoms with Gasteiger partial charge in [-0.3, -0.25) is 9.10 Å². The summed E-state index contributed by atoms with van der Waals surface area (Å²) in [5.41, 5.74) is 2.62. The van der Waals surface area contributed by atoms with Crippen molar-refractivity contribution < 1.29 is 27.1 Å². The monoisotopic (exact) mass is 497 g/mol. The highest BCUT2D eigenvalue weighted by Gasteiger charge is 2.28. The Bertz CT molecular complexity index is 1310. The average Bonchev–Trinajstić information content (AvgIpc) is 2.87. The van der Waals surface area contributed by atoms with E-state index in [1.165, 1.54) is 43.7 Å². The summed E-state index contributed by atoms with van der Waals surface area (Å²) < 4.78 is 52.4. The molecule has 0 aliphatic rings. The smallest absolute Gasteiger partial charge is 0.264 e. The van der Waals surface area contributed by atoms with Crippen molar-refractivity contribution in [3.8, 4) is 11.5 Å². The molecule has 0 heterocycles. The molecule has 0 saturated carbocycles. The molecule has 10 heteroatoms. The number of para-hydroxylation sites is 1. The Morgan fingerprint density at radius 3 is 2.49 bits per heavy atom. The van der Waals surface area contributed by atoms with Crippen molar-refractivity contribution in [3.05, 3.63) is 96.8 Å². The fourth-order valence-electron chi connectivity index (χ4n) is 3.05. The zero-order chi connectivity index (χ0) is 25.3. The van der Waals surface area contributed by atoms with Gasteiger partial charge in [-0.25, -0.2) is 18.2 Å². The van der Waals surface area contributed by atoms with Gasteiger partial charge in [-0.05, 0) is 48.0 Å². The minimum absolute atomic E-state index is 0.0783. The van der Waals surface area contributed by atoms with Gasteiger partial charge in [0, 0.05) is 0 Å². The lowest BCUT2D eigenvalue weighted by molar-refractivity contribution is -0.119. The molecule has 0 radical (unpaired) electrons. The van der Waals surface area contributed by atoms with Gasteiger partial charge in [0.05, 0.1) is 23.9 Å². The first kappa shape index (κ1) is 25.4. The molecule has 3 aromatic rings. The van der Waals surface area contributed by atoms with Gasteiger partial charge in [-0.2, -0.15) is 5.10 Å². The van der Waals surface area contributed by atoms with Gasteiger partial charge in [0.2, 0.25) is 0 Å². The van der Waals surface area contributed by atoms with Gasteiger partial charge >= 0.3 is 0 Å². The number of hydrazone groups is 1. The van der Waals surface area contributed by atoms with Gasteiger partial charge in [0.1, 0.15) is 19.0 Å². The third-order valence-electron chi connectivity index (χ3n) is 4.69. The molecule has 182 valence electrons. The Morgan fingerprint density at radius 2 is 1.80 bits per heavy atom. The van der Waals surface area contributed by atoms with Crippen LogP contribution < -0.4 is 19.2 Å². The molecule has 0 aromatic heterocycles. The van der Waals surface area contributed by atoms with E-state index in [1.807, 2.05) is 0 Å². The van der Waals surface area contributed by atoms with Crippen LogP contribution in [-0.4, -0.2) is 40.8 Å². The van der Waals surface area contributed by atoms with Crippen LogP contribution in [0.1, 0.15) is 5.56 Å². The van der Waals surface area contributed by atoms with Gasteiger partial charge < -0.3 is 9.47 Å². The van der Waals surface area contributed by atoms with Crippen LogP contribution in [-0.2, 0) is 14.8 Å². The molecule has 0 aliphatic carbocycles. The zero-order valence-corrected chi connectivity index (χ0v) is 19.7. The Hall–Kier alpha value is -4.18. The van der Waals surface area contributed by atoms with E-state index in [2.05, 4.69) is 17.1 Å². The molecular formula is C25H24FN3O5S. The van der Waals surface area contributed by atoms with Crippen molar-refractivity contribution >= 4 is 27.8 Å². The second-order valence-corrected chi connectivity index (χ2v) is 8.94. The second-order valence-electron chi connectivity index (χ2n) is 7.08. The third kappa shape index (κ3) is 6.45. The molecule has 3 rings (SSSR count). The number of methoxy groups -OCH3 is 1. The summed E-state index contributed by atoms with van der Waals surface area (Å²) in [5, 5.41) is 3.88. The number of hydrogen-bond donors (Lipinski definition) is 1. The summed E-state index contributed by atoms with van der Waals surface area (Å²) in [6.07, 6.45) is 2.96. The predicted octanol–water partition coefficient (Wildman–Crippen LogP) is 3.74. The zero-order valence-electron chi connectivity index (χ0n) is 18.9. The SMILES string of the molecule is C=CCOc1ccc(/C=N\NC(=O)CN(c2ccccc2F)S(=O)(=O)c2ccccc2)cc1OC.